The Kier molecular flexibility index (Phi) is 5.07. The third-order valence-corrected chi connectivity index (χ3v) is 2.49. The summed E-state index contributed by atoms with van der Waals surface area (Å²) in [4.78, 5) is 24.5. The van der Waals surface area contributed by atoms with E-state index in [1.165, 1.54) is 4.90 Å². The Balaban J connectivity index is 2.53. The van der Waals surface area contributed by atoms with Crippen LogP contribution in [0.25, 0.3) is 0 Å². The molecule has 0 aromatic rings. The Morgan fingerprint density at radius 1 is 1.00 bits per heavy atom. The molecule has 1 fully saturated rings. The molecule has 1 aliphatic rings. The molecular formula is C14H24FNO5. The second-order valence-corrected chi connectivity index (χ2v) is 7.02. The van der Waals surface area contributed by atoms with Gasteiger partial charge < -0.3 is 19.1 Å². The standard InChI is InChI=1S/C14H24FNO5/c1-13(2,3)20-11(17)16-7-9(15)10(8-16)19-12(18)21-14(4,5)6/h9-10H,7-8H2,1-6H3. The Morgan fingerprint density at radius 3 is 2.00 bits per heavy atom. The molecule has 6 nitrogen and oxygen atoms in total. The molecule has 0 aromatic heterocycles. The van der Waals surface area contributed by atoms with Crippen molar-refractivity contribution >= 4 is 12.2 Å². The summed E-state index contributed by atoms with van der Waals surface area (Å²) in [5.41, 5.74) is -1.38. The van der Waals surface area contributed by atoms with Gasteiger partial charge in [-0.1, -0.05) is 0 Å². The molecule has 1 amide bonds. The fraction of sp³-hybridized carbons (Fsp3) is 0.857. The first-order chi connectivity index (χ1) is 9.37. The number of hydrogen-bond acceptors (Lipinski definition) is 5. The zero-order valence-electron chi connectivity index (χ0n) is 13.4. The van der Waals surface area contributed by atoms with E-state index in [-0.39, 0.29) is 13.1 Å². The van der Waals surface area contributed by atoms with Crippen molar-refractivity contribution in [3.8, 4) is 0 Å². The van der Waals surface area contributed by atoms with Crippen LogP contribution in [0.2, 0.25) is 0 Å². The third-order valence-electron chi connectivity index (χ3n) is 2.49. The minimum absolute atomic E-state index is 0.0463. The van der Waals surface area contributed by atoms with Gasteiger partial charge in [-0.3, -0.25) is 0 Å². The summed E-state index contributed by atoms with van der Waals surface area (Å²) in [5.74, 6) is 0. The average molecular weight is 305 g/mol. The lowest BCUT2D eigenvalue weighted by Gasteiger charge is -2.24. The Bertz CT molecular complexity index is 399. The van der Waals surface area contributed by atoms with E-state index in [4.69, 9.17) is 14.2 Å². The fourth-order valence-corrected chi connectivity index (χ4v) is 1.72. The lowest BCUT2D eigenvalue weighted by molar-refractivity contribution is -0.0357. The highest BCUT2D eigenvalue weighted by Gasteiger charge is 2.40. The van der Waals surface area contributed by atoms with E-state index in [1.807, 2.05) is 0 Å². The Hall–Kier alpha value is -1.53. The first kappa shape index (κ1) is 17.5. The summed E-state index contributed by atoms with van der Waals surface area (Å²) in [6.45, 7) is 10.0. The van der Waals surface area contributed by atoms with Crippen molar-refractivity contribution in [2.24, 2.45) is 0 Å². The zero-order valence-corrected chi connectivity index (χ0v) is 13.4. The number of carbonyl (C=O) groups is 2. The highest BCUT2D eigenvalue weighted by atomic mass is 19.1. The lowest BCUT2D eigenvalue weighted by Crippen LogP contribution is -2.36. The van der Waals surface area contributed by atoms with Crippen LogP contribution in [0.15, 0.2) is 0 Å². The van der Waals surface area contributed by atoms with Crippen molar-refractivity contribution in [2.45, 2.75) is 65.0 Å². The van der Waals surface area contributed by atoms with Crippen LogP contribution < -0.4 is 0 Å². The summed E-state index contributed by atoms with van der Waals surface area (Å²) in [5, 5.41) is 0. The summed E-state index contributed by atoms with van der Waals surface area (Å²) >= 11 is 0. The van der Waals surface area contributed by atoms with E-state index in [1.54, 1.807) is 41.5 Å². The number of hydrogen-bond donors (Lipinski definition) is 0. The predicted octanol–water partition coefficient (Wildman–Crippen LogP) is 2.90. The second-order valence-electron chi connectivity index (χ2n) is 7.02. The number of ether oxygens (including phenoxy) is 3. The number of alkyl halides is 1. The van der Waals surface area contributed by atoms with Crippen LogP contribution in [-0.4, -0.2) is 53.7 Å². The molecule has 0 spiro atoms. The number of halogens is 1. The number of likely N-dealkylation sites (tertiary alicyclic amines) is 1. The Labute approximate surface area is 124 Å². The number of amides is 1. The predicted molar refractivity (Wildman–Crippen MR) is 73.8 cm³/mol. The molecule has 1 aliphatic heterocycles. The molecule has 2 atom stereocenters. The maximum absolute atomic E-state index is 13.8. The first-order valence-electron chi connectivity index (χ1n) is 6.89. The van der Waals surface area contributed by atoms with Crippen molar-refractivity contribution in [1.82, 2.24) is 4.90 Å². The van der Waals surface area contributed by atoms with E-state index in [0.717, 1.165) is 0 Å². The maximum atomic E-state index is 13.8. The van der Waals surface area contributed by atoms with Gasteiger partial charge in [0.25, 0.3) is 0 Å². The molecule has 0 N–H and O–H groups in total. The van der Waals surface area contributed by atoms with Gasteiger partial charge >= 0.3 is 12.2 Å². The highest BCUT2D eigenvalue weighted by molar-refractivity contribution is 5.69. The van der Waals surface area contributed by atoms with Crippen LogP contribution in [0, 0.1) is 0 Å². The molecule has 0 saturated carbocycles. The van der Waals surface area contributed by atoms with Gasteiger partial charge in [-0.05, 0) is 41.5 Å². The van der Waals surface area contributed by atoms with Crippen LogP contribution in [0.1, 0.15) is 41.5 Å². The molecule has 7 heteroatoms. The van der Waals surface area contributed by atoms with Gasteiger partial charge in [0.2, 0.25) is 0 Å². The van der Waals surface area contributed by atoms with Gasteiger partial charge in [0, 0.05) is 0 Å². The van der Waals surface area contributed by atoms with E-state index >= 15 is 0 Å². The van der Waals surface area contributed by atoms with Crippen molar-refractivity contribution < 1.29 is 28.2 Å². The molecule has 1 saturated heterocycles. The monoisotopic (exact) mass is 305 g/mol. The molecule has 1 heterocycles. The minimum atomic E-state index is -1.45. The van der Waals surface area contributed by atoms with Crippen molar-refractivity contribution in [3.05, 3.63) is 0 Å². The molecule has 0 radical (unpaired) electrons. The van der Waals surface area contributed by atoms with Gasteiger partial charge in [0.05, 0.1) is 13.1 Å². The van der Waals surface area contributed by atoms with E-state index in [9.17, 15) is 14.0 Å². The second kappa shape index (κ2) is 6.07. The Morgan fingerprint density at radius 2 is 1.52 bits per heavy atom. The van der Waals surface area contributed by atoms with Crippen LogP contribution in [0.3, 0.4) is 0 Å². The molecule has 122 valence electrons. The molecule has 21 heavy (non-hydrogen) atoms. The van der Waals surface area contributed by atoms with Crippen molar-refractivity contribution in [3.63, 3.8) is 0 Å². The first-order valence-corrected chi connectivity index (χ1v) is 6.89. The lowest BCUT2D eigenvalue weighted by atomic mass is 10.2. The molecule has 0 aliphatic carbocycles. The van der Waals surface area contributed by atoms with Crippen LogP contribution >= 0.6 is 0 Å². The van der Waals surface area contributed by atoms with Gasteiger partial charge in [0.15, 0.2) is 12.3 Å². The van der Waals surface area contributed by atoms with Crippen LogP contribution in [0.4, 0.5) is 14.0 Å². The van der Waals surface area contributed by atoms with Crippen LogP contribution in [-0.2, 0) is 14.2 Å². The molecule has 1 rings (SSSR count). The van der Waals surface area contributed by atoms with E-state index in [2.05, 4.69) is 0 Å². The van der Waals surface area contributed by atoms with Crippen LogP contribution in [0.5, 0.6) is 0 Å². The maximum Gasteiger partial charge on any atom is 0.509 e. The van der Waals surface area contributed by atoms with E-state index in [0.29, 0.717) is 0 Å². The molecule has 0 aromatic carbocycles. The number of rotatable bonds is 1. The molecule has 0 bridgehead atoms. The quantitative estimate of drug-likeness (QED) is 0.697. The highest BCUT2D eigenvalue weighted by Crippen LogP contribution is 2.21. The SMILES string of the molecule is CC(C)(C)OC(=O)OC1CN(C(=O)OC(C)(C)C)CC1F. The van der Waals surface area contributed by atoms with Gasteiger partial charge in [0.1, 0.15) is 11.2 Å². The largest absolute Gasteiger partial charge is 0.509 e. The van der Waals surface area contributed by atoms with Gasteiger partial charge in [-0.15, -0.1) is 0 Å². The topological polar surface area (TPSA) is 65.1 Å². The summed E-state index contributed by atoms with van der Waals surface area (Å²) in [6, 6.07) is 0. The summed E-state index contributed by atoms with van der Waals surface area (Å²) in [6.07, 6.45) is -4.06. The summed E-state index contributed by atoms with van der Waals surface area (Å²) < 4.78 is 28.9. The van der Waals surface area contributed by atoms with Gasteiger partial charge in [-0.25, -0.2) is 14.0 Å². The van der Waals surface area contributed by atoms with Gasteiger partial charge in [-0.2, -0.15) is 0 Å². The number of carbonyl (C=O) groups excluding carboxylic acids is 2. The molecule has 2 unspecified atom stereocenters. The smallest absolute Gasteiger partial charge is 0.444 e. The fourth-order valence-electron chi connectivity index (χ4n) is 1.72. The molecular weight excluding hydrogens is 281 g/mol. The van der Waals surface area contributed by atoms with E-state index < -0.39 is 35.7 Å². The number of nitrogens with zero attached hydrogens (tertiary/aromatic N) is 1. The van der Waals surface area contributed by atoms with Crippen molar-refractivity contribution in [2.75, 3.05) is 13.1 Å². The summed E-state index contributed by atoms with van der Waals surface area (Å²) in [7, 11) is 0. The minimum Gasteiger partial charge on any atom is -0.444 e. The zero-order chi connectivity index (χ0) is 16.4. The normalized spacial score (nSPS) is 22.9. The average Bonchev–Trinajstić information content (AvgIpc) is 2.54. The third kappa shape index (κ3) is 6.18. The van der Waals surface area contributed by atoms with Crippen molar-refractivity contribution in [1.29, 1.82) is 0 Å².